The summed E-state index contributed by atoms with van der Waals surface area (Å²) in [4.78, 5) is 26.6. The van der Waals surface area contributed by atoms with Crippen molar-refractivity contribution in [3.8, 4) is 0 Å². The van der Waals surface area contributed by atoms with E-state index in [4.69, 9.17) is 46.4 Å². The summed E-state index contributed by atoms with van der Waals surface area (Å²) in [6.45, 7) is 1.89. The number of likely N-dealkylation sites (N-methyl/N-ethyl adjacent to an activating group) is 1. The third kappa shape index (κ3) is 6.97. The molecule has 0 aliphatic carbocycles. The Balaban J connectivity index is 2.09. The van der Waals surface area contributed by atoms with E-state index in [1.165, 1.54) is 23.7 Å². The number of carbonyl (C=O) groups is 2. The first-order valence-corrected chi connectivity index (χ1v) is 11.4. The number of halogens is 4. The Hall–Kier alpha value is -1.11. The minimum absolute atomic E-state index is 0.169. The maximum absolute atomic E-state index is 12.9. The number of nitrogens with one attached hydrogen (secondary N) is 1. The Kier molecular flexibility index (Phi) is 9.44. The highest BCUT2D eigenvalue weighted by molar-refractivity contribution is 7.99. The number of benzene rings is 2. The Labute approximate surface area is 194 Å². The van der Waals surface area contributed by atoms with Crippen molar-refractivity contribution in [3.63, 3.8) is 0 Å². The van der Waals surface area contributed by atoms with Crippen molar-refractivity contribution in [2.75, 3.05) is 12.8 Å². The van der Waals surface area contributed by atoms with Gasteiger partial charge in [-0.25, -0.2) is 0 Å². The number of hydrogen-bond donors (Lipinski definition) is 1. The molecule has 0 aliphatic heterocycles. The highest BCUT2D eigenvalue weighted by Gasteiger charge is 2.26. The monoisotopic (exact) mass is 492 g/mol. The molecule has 2 rings (SSSR count). The predicted octanol–water partition coefficient (Wildman–Crippen LogP) is 5.70. The zero-order valence-corrected chi connectivity index (χ0v) is 19.7. The van der Waals surface area contributed by atoms with Crippen molar-refractivity contribution in [1.29, 1.82) is 0 Å². The van der Waals surface area contributed by atoms with Crippen LogP contribution in [-0.2, 0) is 21.9 Å². The van der Waals surface area contributed by atoms with Gasteiger partial charge in [0.25, 0.3) is 0 Å². The molecule has 0 fully saturated rings. The van der Waals surface area contributed by atoms with Gasteiger partial charge in [0.2, 0.25) is 11.8 Å². The van der Waals surface area contributed by atoms with Crippen LogP contribution in [0.25, 0.3) is 0 Å². The first-order chi connectivity index (χ1) is 13.7. The van der Waals surface area contributed by atoms with Crippen LogP contribution in [0.5, 0.6) is 0 Å². The SMILES string of the molecule is CNC(=O)[C@H](C)N(Cc1ccc(Cl)cc1Cl)C(=O)CSCc1ccc(Cl)c(Cl)c1. The van der Waals surface area contributed by atoms with Crippen LogP contribution in [0.15, 0.2) is 36.4 Å². The molecule has 9 heteroatoms. The molecular formula is C20H20Cl4N2O2S. The van der Waals surface area contributed by atoms with Gasteiger partial charge >= 0.3 is 0 Å². The average molecular weight is 494 g/mol. The summed E-state index contributed by atoms with van der Waals surface area (Å²) in [7, 11) is 1.54. The maximum atomic E-state index is 12.9. The van der Waals surface area contributed by atoms with Gasteiger partial charge in [-0.1, -0.05) is 58.5 Å². The van der Waals surface area contributed by atoms with Crippen molar-refractivity contribution in [3.05, 3.63) is 67.6 Å². The fraction of sp³-hybridized carbons (Fsp3) is 0.300. The van der Waals surface area contributed by atoms with Crippen LogP contribution >= 0.6 is 58.2 Å². The molecule has 0 radical (unpaired) electrons. The van der Waals surface area contributed by atoms with Gasteiger partial charge in [0.1, 0.15) is 6.04 Å². The lowest BCUT2D eigenvalue weighted by Gasteiger charge is -2.28. The molecule has 0 heterocycles. The molecule has 1 N–H and O–H groups in total. The summed E-state index contributed by atoms with van der Waals surface area (Å²) in [5.41, 5.74) is 1.68. The predicted molar refractivity (Wildman–Crippen MR) is 123 cm³/mol. The number of thioether (sulfide) groups is 1. The lowest BCUT2D eigenvalue weighted by Crippen LogP contribution is -2.47. The molecule has 156 valence electrons. The van der Waals surface area contributed by atoms with Crippen LogP contribution < -0.4 is 5.32 Å². The standard InChI is InChI=1S/C20H20Cl4N2O2S/c1-12(20(28)25-2)26(9-14-4-5-15(21)8-17(14)23)19(27)11-29-10-13-3-6-16(22)18(24)7-13/h3-8,12H,9-11H2,1-2H3,(H,25,28)/t12-/m0/s1. The minimum atomic E-state index is -0.648. The Morgan fingerprint density at radius 1 is 1.03 bits per heavy atom. The Morgan fingerprint density at radius 2 is 1.76 bits per heavy atom. The van der Waals surface area contributed by atoms with Gasteiger partial charge in [0.15, 0.2) is 0 Å². The van der Waals surface area contributed by atoms with Gasteiger partial charge < -0.3 is 10.2 Å². The smallest absolute Gasteiger partial charge is 0.242 e. The number of carbonyl (C=O) groups excluding carboxylic acids is 2. The third-order valence-electron chi connectivity index (χ3n) is 4.25. The van der Waals surface area contributed by atoms with Crippen molar-refractivity contribution >= 4 is 70.0 Å². The molecule has 29 heavy (non-hydrogen) atoms. The largest absolute Gasteiger partial charge is 0.357 e. The summed E-state index contributed by atoms with van der Waals surface area (Å²) >= 11 is 25.6. The van der Waals surface area contributed by atoms with E-state index in [1.807, 2.05) is 6.07 Å². The lowest BCUT2D eigenvalue weighted by molar-refractivity contribution is -0.138. The van der Waals surface area contributed by atoms with Crippen LogP contribution in [0.2, 0.25) is 20.1 Å². The van der Waals surface area contributed by atoms with Gasteiger partial charge in [-0.2, -0.15) is 0 Å². The highest BCUT2D eigenvalue weighted by Crippen LogP contribution is 2.26. The molecule has 4 nitrogen and oxygen atoms in total. The molecule has 1 atom stereocenters. The molecule has 0 bridgehead atoms. The van der Waals surface area contributed by atoms with E-state index in [-0.39, 0.29) is 24.1 Å². The first-order valence-electron chi connectivity index (χ1n) is 8.69. The first kappa shape index (κ1) is 24.2. The van der Waals surface area contributed by atoms with E-state index < -0.39 is 6.04 Å². The van der Waals surface area contributed by atoms with Crippen LogP contribution in [0.1, 0.15) is 18.1 Å². The van der Waals surface area contributed by atoms with E-state index in [0.29, 0.717) is 25.8 Å². The molecule has 0 saturated heterocycles. The summed E-state index contributed by atoms with van der Waals surface area (Å²) in [5.74, 6) is 0.370. The van der Waals surface area contributed by atoms with E-state index in [1.54, 1.807) is 37.3 Å². The van der Waals surface area contributed by atoms with E-state index in [0.717, 1.165) is 11.1 Å². The molecule has 0 aromatic heterocycles. The van der Waals surface area contributed by atoms with Gasteiger partial charge in [0.05, 0.1) is 15.8 Å². The van der Waals surface area contributed by atoms with Crippen LogP contribution in [0.3, 0.4) is 0 Å². The molecule has 2 aromatic rings. The molecule has 0 unspecified atom stereocenters. The van der Waals surface area contributed by atoms with Gasteiger partial charge in [-0.3, -0.25) is 9.59 Å². The van der Waals surface area contributed by atoms with E-state index in [9.17, 15) is 9.59 Å². The topological polar surface area (TPSA) is 49.4 Å². The fourth-order valence-electron chi connectivity index (χ4n) is 2.59. The van der Waals surface area contributed by atoms with Crippen LogP contribution in [0.4, 0.5) is 0 Å². The Morgan fingerprint density at radius 3 is 2.38 bits per heavy atom. The highest BCUT2D eigenvalue weighted by atomic mass is 35.5. The van der Waals surface area contributed by atoms with Crippen molar-refractivity contribution in [1.82, 2.24) is 10.2 Å². The second-order valence-corrected chi connectivity index (χ2v) is 8.93. The molecular weight excluding hydrogens is 474 g/mol. The second kappa shape index (κ2) is 11.3. The number of rotatable bonds is 8. The second-order valence-electron chi connectivity index (χ2n) is 6.29. The van der Waals surface area contributed by atoms with Crippen LogP contribution in [-0.4, -0.2) is 35.6 Å². The molecule has 2 aromatic carbocycles. The third-order valence-corrected chi connectivity index (χ3v) is 6.56. The number of nitrogens with zero attached hydrogens (tertiary/aromatic N) is 1. The average Bonchev–Trinajstić information content (AvgIpc) is 2.68. The number of hydrogen-bond acceptors (Lipinski definition) is 3. The summed E-state index contributed by atoms with van der Waals surface area (Å²) < 4.78 is 0. The number of amides is 2. The fourth-order valence-corrected chi connectivity index (χ4v) is 4.24. The van der Waals surface area contributed by atoms with Crippen LogP contribution in [0, 0.1) is 0 Å². The zero-order chi connectivity index (χ0) is 21.6. The van der Waals surface area contributed by atoms with Gasteiger partial charge in [-0.15, -0.1) is 11.8 Å². The van der Waals surface area contributed by atoms with Crippen molar-refractivity contribution in [2.45, 2.75) is 25.3 Å². The normalized spacial score (nSPS) is 11.8. The molecule has 0 spiro atoms. The summed E-state index contributed by atoms with van der Waals surface area (Å²) in [6.07, 6.45) is 0. The molecule has 0 saturated carbocycles. The molecule has 0 aliphatic rings. The maximum Gasteiger partial charge on any atom is 0.242 e. The zero-order valence-electron chi connectivity index (χ0n) is 15.8. The quantitative estimate of drug-likeness (QED) is 0.513. The minimum Gasteiger partial charge on any atom is -0.357 e. The van der Waals surface area contributed by atoms with Gasteiger partial charge in [0, 0.05) is 29.4 Å². The lowest BCUT2D eigenvalue weighted by atomic mass is 10.1. The van der Waals surface area contributed by atoms with Crippen molar-refractivity contribution in [2.24, 2.45) is 0 Å². The van der Waals surface area contributed by atoms with E-state index >= 15 is 0 Å². The van der Waals surface area contributed by atoms with Crippen molar-refractivity contribution < 1.29 is 9.59 Å². The molecule has 2 amide bonds. The summed E-state index contributed by atoms with van der Waals surface area (Å²) in [6, 6.07) is 9.79. The van der Waals surface area contributed by atoms with E-state index in [2.05, 4.69) is 5.32 Å². The van der Waals surface area contributed by atoms with Gasteiger partial charge in [-0.05, 0) is 42.3 Å². The summed E-state index contributed by atoms with van der Waals surface area (Å²) in [5, 5.41) is 4.50. The Bertz CT molecular complexity index is 895.